The van der Waals surface area contributed by atoms with Gasteiger partial charge in [0.2, 0.25) is 5.91 Å². The molecule has 0 radical (unpaired) electrons. The Bertz CT molecular complexity index is 824. The fraction of sp³-hybridized carbons (Fsp3) is 0.125. The number of nitrogens with one attached hydrogen (secondary N) is 1. The van der Waals surface area contributed by atoms with Crippen molar-refractivity contribution >= 4 is 45.8 Å². The first-order chi connectivity index (χ1) is 11.5. The molecule has 6 nitrogen and oxygen atoms in total. The van der Waals surface area contributed by atoms with Gasteiger partial charge in [0.05, 0.1) is 15.9 Å². The van der Waals surface area contributed by atoms with Gasteiger partial charge in [-0.25, -0.2) is 4.99 Å². The van der Waals surface area contributed by atoms with E-state index in [1.807, 2.05) is 0 Å². The van der Waals surface area contributed by atoms with E-state index in [9.17, 15) is 14.9 Å². The molecule has 1 amide bonds. The summed E-state index contributed by atoms with van der Waals surface area (Å²) in [7, 11) is 0. The van der Waals surface area contributed by atoms with Gasteiger partial charge in [0.15, 0.2) is 5.17 Å². The number of carbonyl (C=O) groups is 1. The molecule has 0 bridgehead atoms. The quantitative estimate of drug-likeness (QED) is 0.664. The van der Waals surface area contributed by atoms with E-state index in [2.05, 4.69) is 10.3 Å². The summed E-state index contributed by atoms with van der Waals surface area (Å²) >= 11 is 7.09. The van der Waals surface area contributed by atoms with Gasteiger partial charge in [-0.1, -0.05) is 41.6 Å². The van der Waals surface area contributed by atoms with Crippen LogP contribution in [0, 0.1) is 10.1 Å². The van der Waals surface area contributed by atoms with Crippen LogP contribution >= 0.6 is 23.4 Å². The van der Waals surface area contributed by atoms with Crippen LogP contribution in [0.5, 0.6) is 0 Å². The predicted molar refractivity (Wildman–Crippen MR) is 94.9 cm³/mol. The number of hydrogen-bond donors (Lipinski definition) is 1. The maximum absolute atomic E-state index is 12.1. The Labute approximate surface area is 147 Å². The molecule has 1 aliphatic rings. The van der Waals surface area contributed by atoms with Crippen LogP contribution in [-0.2, 0) is 11.2 Å². The van der Waals surface area contributed by atoms with Gasteiger partial charge in [-0.3, -0.25) is 14.9 Å². The van der Waals surface area contributed by atoms with E-state index in [1.54, 1.807) is 42.5 Å². The zero-order valence-corrected chi connectivity index (χ0v) is 13.9. The standard InChI is InChI=1S/C16H12ClN3O3S/c17-11-5-7-12(8-6-11)18-16-19-15(21)14(24-16)9-10-3-1-2-4-13(10)20(22)23/h1-8,14H,9H2,(H,18,19,21)/t14-/m1/s1. The average Bonchev–Trinajstić information content (AvgIpc) is 2.89. The van der Waals surface area contributed by atoms with Crippen molar-refractivity contribution in [3.63, 3.8) is 0 Å². The van der Waals surface area contributed by atoms with Crippen molar-refractivity contribution in [2.75, 3.05) is 0 Å². The third-order valence-electron chi connectivity index (χ3n) is 3.43. The zero-order chi connectivity index (χ0) is 17.1. The normalized spacial score (nSPS) is 18.6. The molecule has 1 heterocycles. The van der Waals surface area contributed by atoms with Crippen molar-refractivity contribution < 1.29 is 9.72 Å². The molecule has 1 atom stereocenters. The summed E-state index contributed by atoms with van der Waals surface area (Å²) in [5, 5.41) is 14.4. The molecule has 1 aliphatic heterocycles. The second kappa shape index (κ2) is 7.02. The maximum atomic E-state index is 12.1. The van der Waals surface area contributed by atoms with Gasteiger partial charge in [0.1, 0.15) is 0 Å². The Hall–Kier alpha value is -2.38. The predicted octanol–water partition coefficient (Wildman–Crippen LogP) is 3.71. The summed E-state index contributed by atoms with van der Waals surface area (Å²) in [4.78, 5) is 27.1. The van der Waals surface area contributed by atoms with Crippen LogP contribution in [0.3, 0.4) is 0 Å². The van der Waals surface area contributed by atoms with Crippen LogP contribution in [-0.4, -0.2) is 21.2 Å². The molecule has 3 rings (SSSR count). The van der Waals surface area contributed by atoms with Gasteiger partial charge in [0.25, 0.3) is 5.69 Å². The molecule has 0 aromatic heterocycles. The lowest BCUT2D eigenvalue weighted by molar-refractivity contribution is -0.385. The number of carbonyl (C=O) groups excluding carboxylic acids is 1. The number of para-hydroxylation sites is 1. The summed E-state index contributed by atoms with van der Waals surface area (Å²) in [5.74, 6) is -0.203. The first-order valence-electron chi connectivity index (χ1n) is 7.07. The van der Waals surface area contributed by atoms with Crippen molar-refractivity contribution in [3.8, 4) is 0 Å². The number of thioether (sulfide) groups is 1. The van der Waals surface area contributed by atoms with Crippen LogP contribution < -0.4 is 5.32 Å². The molecule has 2 aromatic carbocycles. The monoisotopic (exact) mass is 361 g/mol. The van der Waals surface area contributed by atoms with Crippen LogP contribution in [0.1, 0.15) is 5.56 Å². The van der Waals surface area contributed by atoms with E-state index < -0.39 is 10.2 Å². The van der Waals surface area contributed by atoms with E-state index in [0.717, 1.165) is 0 Å². The molecule has 1 fully saturated rings. The number of rotatable bonds is 4. The highest BCUT2D eigenvalue weighted by Gasteiger charge is 2.32. The Morgan fingerprint density at radius 2 is 1.92 bits per heavy atom. The molecular formula is C16H12ClN3O3S. The Morgan fingerprint density at radius 3 is 2.62 bits per heavy atom. The second-order valence-electron chi connectivity index (χ2n) is 5.08. The molecule has 0 unspecified atom stereocenters. The van der Waals surface area contributed by atoms with Gasteiger partial charge >= 0.3 is 0 Å². The third-order valence-corrected chi connectivity index (χ3v) is 4.76. The molecule has 2 aromatic rings. The van der Waals surface area contributed by atoms with Gasteiger partial charge in [-0.2, -0.15) is 0 Å². The number of nitro groups is 1. The van der Waals surface area contributed by atoms with E-state index in [0.29, 0.717) is 21.4 Å². The number of amidine groups is 1. The number of amides is 1. The lowest BCUT2D eigenvalue weighted by Gasteiger charge is -2.05. The maximum Gasteiger partial charge on any atom is 0.272 e. The zero-order valence-electron chi connectivity index (χ0n) is 12.3. The molecule has 0 spiro atoms. The highest BCUT2D eigenvalue weighted by molar-refractivity contribution is 8.15. The van der Waals surface area contributed by atoms with E-state index >= 15 is 0 Å². The Balaban J connectivity index is 1.76. The molecule has 122 valence electrons. The molecule has 0 saturated carbocycles. The minimum atomic E-state index is -0.447. The lowest BCUT2D eigenvalue weighted by atomic mass is 10.1. The van der Waals surface area contributed by atoms with Crippen molar-refractivity contribution in [3.05, 3.63) is 69.2 Å². The Morgan fingerprint density at radius 1 is 1.21 bits per heavy atom. The second-order valence-corrected chi connectivity index (χ2v) is 6.71. The van der Waals surface area contributed by atoms with Crippen molar-refractivity contribution in [2.24, 2.45) is 4.99 Å². The van der Waals surface area contributed by atoms with Crippen molar-refractivity contribution in [1.29, 1.82) is 0 Å². The number of nitro benzene ring substituents is 1. The number of hydrogen-bond acceptors (Lipinski definition) is 5. The molecule has 1 saturated heterocycles. The summed E-state index contributed by atoms with van der Waals surface area (Å²) in [6.45, 7) is 0. The number of nitrogens with zero attached hydrogens (tertiary/aromatic N) is 2. The molecule has 0 aliphatic carbocycles. The van der Waals surface area contributed by atoms with Crippen LogP contribution in [0.2, 0.25) is 5.02 Å². The summed E-state index contributed by atoms with van der Waals surface area (Å²) in [6.07, 6.45) is 0.271. The highest BCUT2D eigenvalue weighted by atomic mass is 35.5. The van der Waals surface area contributed by atoms with E-state index in [4.69, 9.17) is 11.6 Å². The van der Waals surface area contributed by atoms with E-state index in [1.165, 1.54) is 17.8 Å². The summed E-state index contributed by atoms with van der Waals surface area (Å²) in [5.41, 5.74) is 1.23. The average molecular weight is 362 g/mol. The van der Waals surface area contributed by atoms with Crippen LogP contribution in [0.4, 0.5) is 11.4 Å². The SMILES string of the molecule is O=C1NC(=Nc2ccc(Cl)cc2)S[C@@H]1Cc1ccccc1[N+](=O)[O-]. The smallest absolute Gasteiger partial charge is 0.272 e. The third kappa shape index (κ3) is 3.74. The van der Waals surface area contributed by atoms with Crippen molar-refractivity contribution in [2.45, 2.75) is 11.7 Å². The largest absolute Gasteiger partial charge is 0.304 e. The van der Waals surface area contributed by atoms with Gasteiger partial charge < -0.3 is 5.32 Å². The highest BCUT2D eigenvalue weighted by Crippen LogP contribution is 2.29. The van der Waals surface area contributed by atoms with Gasteiger partial charge in [0, 0.05) is 23.1 Å². The lowest BCUT2D eigenvalue weighted by Crippen LogP contribution is -2.26. The molecule has 24 heavy (non-hydrogen) atoms. The minimum Gasteiger partial charge on any atom is -0.304 e. The fourth-order valence-corrected chi connectivity index (χ4v) is 3.43. The number of aliphatic imine (C=N–C) groups is 1. The van der Waals surface area contributed by atoms with Gasteiger partial charge in [-0.15, -0.1) is 0 Å². The summed E-state index contributed by atoms with van der Waals surface area (Å²) < 4.78 is 0. The Kier molecular flexibility index (Phi) is 4.82. The number of halogens is 1. The minimum absolute atomic E-state index is 0.0222. The summed E-state index contributed by atoms with van der Waals surface area (Å²) in [6, 6.07) is 13.4. The van der Waals surface area contributed by atoms with Gasteiger partial charge in [-0.05, 0) is 24.3 Å². The first-order valence-corrected chi connectivity index (χ1v) is 8.33. The molecular weight excluding hydrogens is 350 g/mol. The van der Waals surface area contributed by atoms with Crippen molar-refractivity contribution in [1.82, 2.24) is 5.32 Å². The number of benzene rings is 2. The first kappa shape index (κ1) is 16.5. The molecule has 8 heteroatoms. The van der Waals surface area contributed by atoms with Crippen LogP contribution in [0.25, 0.3) is 0 Å². The fourth-order valence-electron chi connectivity index (χ4n) is 2.29. The topological polar surface area (TPSA) is 84.6 Å². The van der Waals surface area contributed by atoms with E-state index in [-0.39, 0.29) is 18.0 Å². The molecule has 1 N–H and O–H groups in total. The van der Waals surface area contributed by atoms with Crippen LogP contribution in [0.15, 0.2) is 53.5 Å².